The van der Waals surface area contributed by atoms with Crippen LogP contribution in [0.1, 0.15) is 33.6 Å². The molecule has 0 aliphatic carbocycles. The summed E-state index contributed by atoms with van der Waals surface area (Å²) < 4.78 is 28.2. The molecule has 1 rings (SSSR count). The van der Waals surface area contributed by atoms with Crippen molar-refractivity contribution < 1.29 is 8.42 Å². The molecule has 0 saturated heterocycles. The molecule has 0 unspecified atom stereocenters. The third-order valence-electron chi connectivity index (χ3n) is 3.17. The van der Waals surface area contributed by atoms with Gasteiger partial charge in [-0.05, 0) is 31.9 Å². The number of nitrogens with one attached hydrogen (secondary N) is 1. The van der Waals surface area contributed by atoms with E-state index in [4.69, 9.17) is 23.2 Å². The largest absolute Gasteiger partial charge is 0.244 e. The molecule has 0 heterocycles. The lowest BCUT2D eigenvalue weighted by atomic mass is 9.98. The second-order valence-corrected chi connectivity index (χ2v) is 7.92. The van der Waals surface area contributed by atoms with Gasteiger partial charge in [0.25, 0.3) is 0 Å². The van der Waals surface area contributed by atoms with Crippen molar-refractivity contribution in [2.75, 3.05) is 0 Å². The molecule has 0 spiro atoms. The maximum atomic E-state index is 12.4. The van der Waals surface area contributed by atoms with E-state index in [1.807, 2.05) is 20.8 Å². The van der Waals surface area contributed by atoms with Crippen molar-refractivity contribution >= 4 is 49.2 Å². The van der Waals surface area contributed by atoms with Crippen LogP contribution in [0, 0.1) is 0 Å². The predicted octanol–water partition coefficient (Wildman–Crippen LogP) is 4.61. The fourth-order valence-electron chi connectivity index (χ4n) is 1.56. The molecule has 1 aromatic rings. The maximum absolute atomic E-state index is 12.4. The summed E-state index contributed by atoms with van der Waals surface area (Å²) in [6.07, 6.45) is 1.35. The van der Waals surface area contributed by atoms with Crippen molar-refractivity contribution in [2.24, 2.45) is 0 Å². The van der Waals surface area contributed by atoms with Crippen LogP contribution in [0.2, 0.25) is 10.0 Å². The monoisotopic (exact) mass is 387 g/mol. The normalized spacial score (nSPS) is 12.7. The van der Waals surface area contributed by atoms with Gasteiger partial charge in [-0.15, -0.1) is 0 Å². The zero-order valence-corrected chi connectivity index (χ0v) is 14.8. The summed E-state index contributed by atoms with van der Waals surface area (Å²) in [7, 11) is -3.75. The molecule has 0 bridgehead atoms. The van der Waals surface area contributed by atoms with Crippen LogP contribution in [0.15, 0.2) is 21.5 Å². The fourth-order valence-corrected chi connectivity index (χ4v) is 5.04. The summed E-state index contributed by atoms with van der Waals surface area (Å²) in [6, 6.07) is 3.02. The molecule has 19 heavy (non-hydrogen) atoms. The van der Waals surface area contributed by atoms with Crippen LogP contribution >= 0.6 is 39.1 Å². The van der Waals surface area contributed by atoms with Crippen LogP contribution in [0.5, 0.6) is 0 Å². The summed E-state index contributed by atoms with van der Waals surface area (Å²) in [4.78, 5) is -0.0767. The second-order valence-electron chi connectivity index (χ2n) is 4.57. The molecule has 1 N–H and O–H groups in total. The Morgan fingerprint density at radius 1 is 1.21 bits per heavy atom. The summed E-state index contributed by atoms with van der Waals surface area (Å²) in [5.74, 6) is 0. The minimum absolute atomic E-state index is 0.0767. The molecule has 0 aromatic heterocycles. The van der Waals surface area contributed by atoms with Gasteiger partial charge in [0.1, 0.15) is 4.90 Å². The number of sulfonamides is 1. The fraction of sp³-hybridized carbons (Fsp3) is 0.500. The highest BCUT2D eigenvalue weighted by atomic mass is 79.9. The number of hydrogen-bond donors (Lipinski definition) is 1. The molecule has 0 amide bonds. The van der Waals surface area contributed by atoms with Crippen LogP contribution in [-0.2, 0) is 10.0 Å². The molecule has 108 valence electrons. The van der Waals surface area contributed by atoms with Crippen LogP contribution in [0.25, 0.3) is 0 Å². The first-order valence-corrected chi connectivity index (χ1v) is 8.87. The summed E-state index contributed by atoms with van der Waals surface area (Å²) in [5, 5.41) is 0.197. The summed E-state index contributed by atoms with van der Waals surface area (Å²) >= 11 is 15.2. The van der Waals surface area contributed by atoms with Gasteiger partial charge in [-0.25, -0.2) is 13.1 Å². The predicted molar refractivity (Wildman–Crippen MR) is 83.5 cm³/mol. The van der Waals surface area contributed by atoms with Gasteiger partial charge in [0.05, 0.1) is 10.0 Å². The third kappa shape index (κ3) is 4.08. The van der Waals surface area contributed by atoms with Crippen molar-refractivity contribution in [3.63, 3.8) is 0 Å². The van der Waals surface area contributed by atoms with Crippen LogP contribution in [-0.4, -0.2) is 14.0 Å². The first kappa shape index (κ1) is 17.2. The Kier molecular flexibility index (Phi) is 5.72. The second kappa shape index (κ2) is 6.31. The highest BCUT2D eigenvalue weighted by Gasteiger charge is 2.30. The minimum atomic E-state index is -3.75. The third-order valence-corrected chi connectivity index (χ3v) is 6.19. The summed E-state index contributed by atoms with van der Waals surface area (Å²) in [6.45, 7) is 5.71. The highest BCUT2D eigenvalue weighted by Crippen LogP contribution is 2.33. The molecule has 0 aliphatic heterocycles. The lowest BCUT2D eigenvalue weighted by Crippen LogP contribution is -2.44. The first-order chi connectivity index (χ1) is 8.65. The quantitative estimate of drug-likeness (QED) is 0.800. The molecule has 0 atom stereocenters. The molecule has 0 aliphatic rings. The lowest BCUT2D eigenvalue weighted by molar-refractivity contribution is 0.389. The van der Waals surface area contributed by atoms with E-state index in [9.17, 15) is 8.42 Å². The molecular formula is C12H16BrCl2NO2S. The smallest absolute Gasteiger partial charge is 0.207 e. The van der Waals surface area contributed by atoms with E-state index in [-0.39, 0.29) is 14.9 Å². The van der Waals surface area contributed by atoms with Crippen molar-refractivity contribution in [1.82, 2.24) is 4.72 Å². The van der Waals surface area contributed by atoms with E-state index in [1.54, 1.807) is 0 Å². The van der Waals surface area contributed by atoms with E-state index < -0.39 is 15.6 Å². The van der Waals surface area contributed by atoms with Crippen molar-refractivity contribution in [1.29, 1.82) is 0 Å². The average Bonchev–Trinajstić information content (AvgIpc) is 2.26. The molecule has 0 radical (unpaired) electrons. The van der Waals surface area contributed by atoms with Crippen molar-refractivity contribution in [3.05, 3.63) is 26.7 Å². The van der Waals surface area contributed by atoms with E-state index in [0.717, 1.165) is 0 Å². The Balaban J connectivity index is 3.29. The molecule has 3 nitrogen and oxygen atoms in total. The van der Waals surface area contributed by atoms with Gasteiger partial charge in [-0.1, -0.05) is 53.0 Å². The van der Waals surface area contributed by atoms with Gasteiger partial charge in [-0.3, -0.25) is 0 Å². The van der Waals surface area contributed by atoms with Crippen LogP contribution < -0.4 is 4.72 Å². The standard InChI is InChI=1S/C12H16BrCl2NO2S/c1-4-12(3,5-2)16-19(17,18)11-9(14)6-8(13)7-10(11)15/h6-7,16H,4-5H2,1-3H3. The van der Waals surface area contributed by atoms with Gasteiger partial charge in [0, 0.05) is 10.0 Å². The Hall–Kier alpha value is 0.190. The molecule has 0 fully saturated rings. The Morgan fingerprint density at radius 3 is 2.00 bits per heavy atom. The number of rotatable bonds is 5. The summed E-state index contributed by atoms with van der Waals surface area (Å²) in [5.41, 5.74) is -0.515. The minimum Gasteiger partial charge on any atom is -0.207 e. The van der Waals surface area contributed by atoms with E-state index >= 15 is 0 Å². The Labute approximate surface area is 132 Å². The zero-order valence-electron chi connectivity index (χ0n) is 10.9. The highest BCUT2D eigenvalue weighted by molar-refractivity contribution is 9.10. The molecular weight excluding hydrogens is 373 g/mol. The SMILES string of the molecule is CCC(C)(CC)NS(=O)(=O)c1c(Cl)cc(Br)cc1Cl. The van der Waals surface area contributed by atoms with Gasteiger partial charge >= 0.3 is 0 Å². The van der Waals surface area contributed by atoms with Crippen LogP contribution in [0.4, 0.5) is 0 Å². The molecule has 0 saturated carbocycles. The van der Waals surface area contributed by atoms with Crippen LogP contribution in [0.3, 0.4) is 0 Å². The van der Waals surface area contributed by atoms with Gasteiger partial charge in [-0.2, -0.15) is 0 Å². The first-order valence-electron chi connectivity index (χ1n) is 5.83. The zero-order chi connectivity index (χ0) is 14.8. The molecule has 7 heteroatoms. The van der Waals surface area contributed by atoms with E-state index in [2.05, 4.69) is 20.7 Å². The number of benzene rings is 1. The Morgan fingerprint density at radius 2 is 1.63 bits per heavy atom. The average molecular weight is 389 g/mol. The van der Waals surface area contributed by atoms with E-state index in [0.29, 0.717) is 17.3 Å². The maximum Gasteiger partial charge on any atom is 0.244 e. The molecule has 1 aromatic carbocycles. The van der Waals surface area contributed by atoms with Crippen molar-refractivity contribution in [2.45, 2.75) is 44.0 Å². The van der Waals surface area contributed by atoms with Crippen molar-refractivity contribution in [3.8, 4) is 0 Å². The van der Waals surface area contributed by atoms with E-state index in [1.165, 1.54) is 12.1 Å². The topological polar surface area (TPSA) is 46.2 Å². The Bertz CT molecular complexity index is 548. The number of halogens is 3. The van der Waals surface area contributed by atoms with Gasteiger partial charge in [0.15, 0.2) is 0 Å². The van der Waals surface area contributed by atoms with Gasteiger partial charge < -0.3 is 0 Å². The number of hydrogen-bond acceptors (Lipinski definition) is 2. The lowest BCUT2D eigenvalue weighted by Gasteiger charge is -2.28. The van der Waals surface area contributed by atoms with Gasteiger partial charge in [0.2, 0.25) is 10.0 Å².